The molecule has 0 aromatic carbocycles. The van der Waals surface area contributed by atoms with Gasteiger partial charge in [0.15, 0.2) is 0 Å². The van der Waals surface area contributed by atoms with Gasteiger partial charge in [-0.15, -0.1) is 0 Å². The van der Waals surface area contributed by atoms with Gasteiger partial charge in [-0.2, -0.15) is 13.2 Å². The summed E-state index contributed by atoms with van der Waals surface area (Å²) in [6.07, 6.45) is -1.22. The van der Waals surface area contributed by atoms with E-state index in [1.807, 2.05) is 6.92 Å². The van der Waals surface area contributed by atoms with Crippen molar-refractivity contribution in [2.24, 2.45) is 0 Å². The molecule has 0 rings (SSSR count). The van der Waals surface area contributed by atoms with Crippen LogP contribution in [0.5, 0.6) is 0 Å². The average molecular weight is 211 g/mol. The third kappa shape index (κ3) is 5.09. The molecule has 0 saturated heterocycles. The first kappa shape index (κ1) is 13.3. The number of alkyl halides is 3. The van der Waals surface area contributed by atoms with Crippen LogP contribution in [0.4, 0.5) is 13.2 Å². The molecule has 0 unspecified atom stereocenters. The summed E-state index contributed by atoms with van der Waals surface area (Å²) in [5.74, 6) is -1.76. The maximum Gasteiger partial charge on any atom is 0.471 e. The van der Waals surface area contributed by atoms with E-state index in [-0.39, 0.29) is 6.54 Å². The Bertz CT molecular complexity index is 179. The molecule has 1 amide bonds. The highest BCUT2D eigenvalue weighted by atomic mass is 19.4. The van der Waals surface area contributed by atoms with Crippen LogP contribution in [0.15, 0.2) is 0 Å². The molecule has 0 aliphatic heterocycles. The van der Waals surface area contributed by atoms with E-state index in [0.29, 0.717) is 6.42 Å². The second kappa shape index (κ2) is 5.88. The van der Waals surface area contributed by atoms with Crippen LogP contribution < -0.4 is 0 Å². The van der Waals surface area contributed by atoms with Gasteiger partial charge in [-0.1, -0.05) is 26.2 Å². The van der Waals surface area contributed by atoms with Gasteiger partial charge in [0.25, 0.3) is 0 Å². The van der Waals surface area contributed by atoms with Crippen LogP contribution in [-0.4, -0.2) is 30.6 Å². The van der Waals surface area contributed by atoms with Crippen LogP contribution in [0.3, 0.4) is 0 Å². The Hall–Kier alpha value is -0.740. The van der Waals surface area contributed by atoms with Crippen molar-refractivity contribution in [1.29, 1.82) is 0 Å². The SMILES string of the molecule is CCCCCCN(C)C(=O)C(F)(F)F. The van der Waals surface area contributed by atoms with E-state index < -0.39 is 12.1 Å². The van der Waals surface area contributed by atoms with Gasteiger partial charge in [-0.25, -0.2) is 0 Å². The zero-order chi connectivity index (χ0) is 11.2. The van der Waals surface area contributed by atoms with Crippen LogP contribution in [0.25, 0.3) is 0 Å². The molecule has 5 heteroatoms. The summed E-state index contributed by atoms with van der Waals surface area (Å²) in [5.41, 5.74) is 0. The lowest BCUT2D eigenvalue weighted by Crippen LogP contribution is -2.38. The summed E-state index contributed by atoms with van der Waals surface area (Å²) in [7, 11) is 1.18. The zero-order valence-electron chi connectivity index (χ0n) is 8.52. The monoisotopic (exact) mass is 211 g/mol. The maximum atomic E-state index is 11.9. The smallest absolute Gasteiger partial charge is 0.338 e. The van der Waals surface area contributed by atoms with Crippen molar-refractivity contribution in [3.05, 3.63) is 0 Å². The molecule has 0 aliphatic rings. The number of unbranched alkanes of at least 4 members (excludes halogenated alkanes) is 3. The largest absolute Gasteiger partial charge is 0.471 e. The molecule has 2 nitrogen and oxygen atoms in total. The normalized spacial score (nSPS) is 11.5. The van der Waals surface area contributed by atoms with Crippen LogP contribution >= 0.6 is 0 Å². The molecule has 0 heterocycles. The Kier molecular flexibility index (Phi) is 5.57. The molecular weight excluding hydrogens is 195 g/mol. The number of carbonyl (C=O) groups is 1. The standard InChI is InChI=1S/C9H16F3NO/c1-3-4-5-6-7-13(2)8(14)9(10,11)12/h3-7H2,1-2H3. The van der Waals surface area contributed by atoms with Gasteiger partial charge in [0, 0.05) is 13.6 Å². The van der Waals surface area contributed by atoms with Crippen molar-refractivity contribution >= 4 is 5.91 Å². The molecule has 0 radical (unpaired) electrons. The van der Waals surface area contributed by atoms with E-state index >= 15 is 0 Å². The lowest BCUT2D eigenvalue weighted by atomic mass is 10.2. The van der Waals surface area contributed by atoms with Gasteiger partial charge in [-0.3, -0.25) is 4.79 Å². The molecule has 0 aromatic rings. The zero-order valence-corrected chi connectivity index (χ0v) is 8.52. The predicted molar refractivity (Wildman–Crippen MR) is 47.8 cm³/mol. The maximum absolute atomic E-state index is 11.9. The van der Waals surface area contributed by atoms with Crippen molar-refractivity contribution in [3.63, 3.8) is 0 Å². The molecule has 0 saturated carbocycles. The molecule has 14 heavy (non-hydrogen) atoms. The molecule has 0 atom stereocenters. The highest BCUT2D eigenvalue weighted by Gasteiger charge is 2.40. The van der Waals surface area contributed by atoms with Crippen molar-refractivity contribution in [2.75, 3.05) is 13.6 Å². The van der Waals surface area contributed by atoms with Gasteiger partial charge in [0.2, 0.25) is 0 Å². The van der Waals surface area contributed by atoms with Crippen LogP contribution in [0.1, 0.15) is 32.6 Å². The fraction of sp³-hybridized carbons (Fsp3) is 0.889. The van der Waals surface area contributed by atoms with Gasteiger partial charge in [-0.05, 0) is 6.42 Å². The Labute approximate surface area is 82.1 Å². The lowest BCUT2D eigenvalue weighted by Gasteiger charge is -2.18. The minimum atomic E-state index is -4.74. The van der Waals surface area contributed by atoms with E-state index in [1.165, 1.54) is 7.05 Å². The van der Waals surface area contributed by atoms with Gasteiger partial charge >= 0.3 is 12.1 Å². The summed E-state index contributed by atoms with van der Waals surface area (Å²) >= 11 is 0. The van der Waals surface area contributed by atoms with Crippen molar-refractivity contribution in [3.8, 4) is 0 Å². The number of halogens is 3. The van der Waals surface area contributed by atoms with Gasteiger partial charge in [0.1, 0.15) is 0 Å². The van der Waals surface area contributed by atoms with Gasteiger partial charge < -0.3 is 4.90 Å². The first-order chi connectivity index (χ1) is 6.39. The van der Waals surface area contributed by atoms with Crippen molar-refractivity contribution < 1.29 is 18.0 Å². The average Bonchev–Trinajstić information content (AvgIpc) is 2.09. The summed E-state index contributed by atoms with van der Waals surface area (Å²) in [4.78, 5) is 11.4. The molecule has 84 valence electrons. The first-order valence-electron chi connectivity index (χ1n) is 4.72. The minimum absolute atomic E-state index is 0.179. The molecule has 0 N–H and O–H groups in total. The lowest BCUT2D eigenvalue weighted by molar-refractivity contribution is -0.184. The summed E-state index contributed by atoms with van der Waals surface area (Å²) in [5, 5.41) is 0. The highest BCUT2D eigenvalue weighted by Crippen LogP contribution is 2.17. The molecule has 0 aromatic heterocycles. The third-order valence-electron chi connectivity index (χ3n) is 1.94. The van der Waals surface area contributed by atoms with Crippen molar-refractivity contribution in [2.45, 2.75) is 38.8 Å². The summed E-state index contributed by atoms with van der Waals surface area (Å²) < 4.78 is 35.7. The number of carbonyl (C=O) groups excluding carboxylic acids is 1. The Morgan fingerprint density at radius 1 is 1.21 bits per heavy atom. The number of hydrogen-bond donors (Lipinski definition) is 0. The minimum Gasteiger partial charge on any atom is -0.338 e. The molecular formula is C9H16F3NO. The second-order valence-corrected chi connectivity index (χ2v) is 3.29. The number of amides is 1. The molecule has 0 fully saturated rings. The van der Waals surface area contributed by atoms with E-state index in [2.05, 4.69) is 0 Å². The fourth-order valence-corrected chi connectivity index (χ4v) is 1.09. The Morgan fingerprint density at radius 2 is 1.79 bits per heavy atom. The number of rotatable bonds is 5. The predicted octanol–water partition coefficient (Wildman–Crippen LogP) is 2.59. The van der Waals surface area contributed by atoms with Gasteiger partial charge in [0.05, 0.1) is 0 Å². The molecule has 0 bridgehead atoms. The number of nitrogens with zero attached hydrogens (tertiary/aromatic N) is 1. The second-order valence-electron chi connectivity index (χ2n) is 3.29. The summed E-state index contributed by atoms with van der Waals surface area (Å²) in [6, 6.07) is 0. The van der Waals surface area contributed by atoms with Crippen LogP contribution in [0.2, 0.25) is 0 Å². The first-order valence-corrected chi connectivity index (χ1v) is 4.72. The van der Waals surface area contributed by atoms with Crippen LogP contribution in [0, 0.1) is 0 Å². The molecule has 0 spiro atoms. The Morgan fingerprint density at radius 3 is 2.21 bits per heavy atom. The van der Waals surface area contributed by atoms with Crippen LogP contribution in [-0.2, 0) is 4.79 Å². The Balaban J connectivity index is 3.74. The topological polar surface area (TPSA) is 20.3 Å². The summed E-state index contributed by atoms with van der Waals surface area (Å²) in [6.45, 7) is 2.20. The quantitative estimate of drug-likeness (QED) is 0.640. The van der Waals surface area contributed by atoms with E-state index in [9.17, 15) is 18.0 Å². The number of hydrogen-bond acceptors (Lipinski definition) is 1. The van der Waals surface area contributed by atoms with E-state index in [0.717, 1.165) is 24.2 Å². The van der Waals surface area contributed by atoms with E-state index in [1.54, 1.807) is 0 Å². The molecule has 0 aliphatic carbocycles. The van der Waals surface area contributed by atoms with Crippen molar-refractivity contribution in [1.82, 2.24) is 4.90 Å². The third-order valence-corrected chi connectivity index (χ3v) is 1.94. The highest BCUT2D eigenvalue weighted by molar-refractivity contribution is 5.81. The van der Waals surface area contributed by atoms with E-state index in [4.69, 9.17) is 0 Å². The fourth-order valence-electron chi connectivity index (χ4n) is 1.09.